The van der Waals surface area contributed by atoms with Gasteiger partial charge < -0.3 is 4.74 Å². The molecule has 0 aromatic heterocycles. The van der Waals surface area contributed by atoms with Crippen molar-refractivity contribution in [2.24, 2.45) is 5.41 Å². The molecule has 0 bridgehead atoms. The maximum absolute atomic E-state index is 5.90. The van der Waals surface area contributed by atoms with E-state index >= 15 is 0 Å². The zero-order valence-electron chi connectivity index (χ0n) is 10.8. The second-order valence-corrected chi connectivity index (χ2v) is 6.28. The molecule has 17 heavy (non-hydrogen) atoms. The molecular formula is C15H21BrO. The third kappa shape index (κ3) is 3.48. The molecule has 1 nitrogen and oxygen atoms in total. The van der Waals surface area contributed by atoms with Gasteiger partial charge in [-0.3, -0.25) is 0 Å². The third-order valence-electron chi connectivity index (χ3n) is 3.31. The summed E-state index contributed by atoms with van der Waals surface area (Å²) < 4.78 is 5.90. The van der Waals surface area contributed by atoms with E-state index in [0.717, 1.165) is 17.7 Å². The van der Waals surface area contributed by atoms with E-state index in [1.165, 1.54) is 36.8 Å². The van der Waals surface area contributed by atoms with Gasteiger partial charge >= 0.3 is 0 Å². The molecule has 1 aliphatic rings. The van der Waals surface area contributed by atoms with E-state index in [4.69, 9.17) is 4.74 Å². The van der Waals surface area contributed by atoms with E-state index in [1.807, 2.05) is 0 Å². The summed E-state index contributed by atoms with van der Waals surface area (Å²) >= 11 is 3.52. The minimum atomic E-state index is 0.190. The van der Waals surface area contributed by atoms with Crippen LogP contribution < -0.4 is 4.74 Å². The van der Waals surface area contributed by atoms with Crippen molar-refractivity contribution >= 4 is 15.9 Å². The lowest BCUT2D eigenvalue weighted by Crippen LogP contribution is -2.22. The maximum atomic E-state index is 5.90. The third-order valence-corrected chi connectivity index (χ3v) is 4.83. The second-order valence-electron chi connectivity index (χ2n) is 5.72. The highest BCUT2D eigenvalue weighted by Gasteiger charge is 2.17. The standard InChI is InChI=1S/C15H21BrO/c1-15(2,10-16)11-17-14-8-7-12-5-3-4-6-13(12)9-14/h7-9H,3-6,10-11H2,1-2H3. The molecule has 1 aromatic rings. The van der Waals surface area contributed by atoms with Crippen molar-refractivity contribution in [2.75, 3.05) is 11.9 Å². The molecule has 2 rings (SSSR count). The Labute approximate surface area is 113 Å². The second kappa shape index (κ2) is 5.43. The fraction of sp³-hybridized carbons (Fsp3) is 0.600. The molecule has 2 heteroatoms. The van der Waals surface area contributed by atoms with Crippen molar-refractivity contribution < 1.29 is 4.74 Å². The Bertz CT molecular complexity index is 385. The maximum Gasteiger partial charge on any atom is 0.119 e. The van der Waals surface area contributed by atoms with E-state index in [9.17, 15) is 0 Å². The SMILES string of the molecule is CC(C)(CBr)COc1ccc2c(c1)CCCC2. The zero-order valence-corrected chi connectivity index (χ0v) is 12.3. The Kier molecular flexibility index (Phi) is 4.13. The Morgan fingerprint density at radius 2 is 1.88 bits per heavy atom. The van der Waals surface area contributed by atoms with Gasteiger partial charge in [0, 0.05) is 10.7 Å². The number of fused-ring (bicyclic) bond motifs is 1. The number of halogens is 1. The molecule has 0 unspecified atom stereocenters. The van der Waals surface area contributed by atoms with Gasteiger partial charge in [-0.05, 0) is 48.9 Å². The lowest BCUT2D eigenvalue weighted by atomic mass is 9.91. The van der Waals surface area contributed by atoms with Crippen LogP contribution in [0.2, 0.25) is 0 Å². The number of alkyl halides is 1. The first-order chi connectivity index (χ1) is 8.11. The van der Waals surface area contributed by atoms with Gasteiger partial charge in [0.2, 0.25) is 0 Å². The highest BCUT2D eigenvalue weighted by molar-refractivity contribution is 9.09. The summed E-state index contributed by atoms with van der Waals surface area (Å²) in [6.45, 7) is 5.18. The Morgan fingerprint density at radius 1 is 1.18 bits per heavy atom. The molecule has 1 aromatic carbocycles. The Balaban J connectivity index is 2.02. The van der Waals surface area contributed by atoms with Crippen molar-refractivity contribution in [1.82, 2.24) is 0 Å². The molecule has 0 aliphatic heterocycles. The van der Waals surface area contributed by atoms with Crippen LogP contribution in [-0.4, -0.2) is 11.9 Å². The summed E-state index contributed by atoms with van der Waals surface area (Å²) in [7, 11) is 0. The van der Waals surface area contributed by atoms with Crippen LogP contribution in [0.3, 0.4) is 0 Å². The van der Waals surface area contributed by atoms with Gasteiger partial charge in [0.05, 0.1) is 6.61 Å². The van der Waals surface area contributed by atoms with Crippen LogP contribution in [0, 0.1) is 5.41 Å². The van der Waals surface area contributed by atoms with Gasteiger partial charge in [-0.2, -0.15) is 0 Å². The van der Waals surface area contributed by atoms with Crippen molar-refractivity contribution in [3.8, 4) is 5.75 Å². The lowest BCUT2D eigenvalue weighted by Gasteiger charge is -2.23. The van der Waals surface area contributed by atoms with E-state index in [-0.39, 0.29) is 5.41 Å². The first kappa shape index (κ1) is 12.9. The topological polar surface area (TPSA) is 9.23 Å². The minimum Gasteiger partial charge on any atom is -0.493 e. The highest BCUT2D eigenvalue weighted by atomic mass is 79.9. The van der Waals surface area contributed by atoms with E-state index in [0.29, 0.717) is 0 Å². The largest absolute Gasteiger partial charge is 0.493 e. The van der Waals surface area contributed by atoms with Crippen LogP contribution in [0.25, 0.3) is 0 Å². The highest BCUT2D eigenvalue weighted by Crippen LogP contribution is 2.27. The molecule has 0 N–H and O–H groups in total. The summed E-state index contributed by atoms with van der Waals surface area (Å²) in [6.07, 6.45) is 5.12. The van der Waals surface area contributed by atoms with Crippen molar-refractivity contribution in [1.29, 1.82) is 0 Å². The monoisotopic (exact) mass is 296 g/mol. The summed E-state index contributed by atoms with van der Waals surface area (Å²) in [4.78, 5) is 0. The number of rotatable bonds is 4. The Hall–Kier alpha value is -0.500. The summed E-state index contributed by atoms with van der Waals surface area (Å²) in [5, 5.41) is 0.963. The average molecular weight is 297 g/mol. The predicted molar refractivity (Wildman–Crippen MR) is 76.2 cm³/mol. The van der Waals surface area contributed by atoms with Gasteiger partial charge in [-0.1, -0.05) is 35.8 Å². The van der Waals surface area contributed by atoms with Crippen LogP contribution in [-0.2, 0) is 12.8 Å². The first-order valence-electron chi connectivity index (χ1n) is 6.41. The van der Waals surface area contributed by atoms with Crippen LogP contribution in [0.4, 0.5) is 0 Å². The number of hydrogen-bond acceptors (Lipinski definition) is 1. The van der Waals surface area contributed by atoms with Gasteiger partial charge in [-0.25, -0.2) is 0 Å². The van der Waals surface area contributed by atoms with E-state index in [2.05, 4.69) is 48.0 Å². The number of benzene rings is 1. The van der Waals surface area contributed by atoms with Crippen LogP contribution >= 0.6 is 15.9 Å². The first-order valence-corrected chi connectivity index (χ1v) is 7.53. The average Bonchev–Trinajstić information content (AvgIpc) is 2.36. The number of ether oxygens (including phenoxy) is 1. The lowest BCUT2D eigenvalue weighted by molar-refractivity contribution is 0.203. The fourth-order valence-electron chi connectivity index (χ4n) is 2.12. The van der Waals surface area contributed by atoms with Crippen molar-refractivity contribution in [3.63, 3.8) is 0 Å². The smallest absolute Gasteiger partial charge is 0.119 e. The molecule has 0 fully saturated rings. The molecule has 0 heterocycles. The van der Waals surface area contributed by atoms with Gasteiger partial charge in [0.1, 0.15) is 5.75 Å². The van der Waals surface area contributed by atoms with Crippen LogP contribution in [0.1, 0.15) is 37.8 Å². The van der Waals surface area contributed by atoms with E-state index < -0.39 is 0 Å². The molecule has 0 spiro atoms. The summed E-state index contributed by atoms with van der Waals surface area (Å²) in [6, 6.07) is 6.60. The molecule has 0 atom stereocenters. The molecule has 0 amide bonds. The Morgan fingerprint density at radius 3 is 2.59 bits per heavy atom. The van der Waals surface area contributed by atoms with E-state index in [1.54, 1.807) is 0 Å². The van der Waals surface area contributed by atoms with Crippen molar-refractivity contribution in [3.05, 3.63) is 29.3 Å². The normalized spacial score (nSPS) is 15.5. The molecule has 94 valence electrons. The van der Waals surface area contributed by atoms with Crippen LogP contribution in [0.5, 0.6) is 5.75 Å². The van der Waals surface area contributed by atoms with Gasteiger partial charge in [0.25, 0.3) is 0 Å². The van der Waals surface area contributed by atoms with Gasteiger partial charge in [0.15, 0.2) is 0 Å². The van der Waals surface area contributed by atoms with Crippen LogP contribution in [0.15, 0.2) is 18.2 Å². The summed E-state index contributed by atoms with van der Waals surface area (Å²) in [5.74, 6) is 1.03. The number of aryl methyl sites for hydroxylation is 2. The quantitative estimate of drug-likeness (QED) is 0.750. The molecule has 0 radical (unpaired) electrons. The van der Waals surface area contributed by atoms with Gasteiger partial charge in [-0.15, -0.1) is 0 Å². The molecule has 0 saturated heterocycles. The van der Waals surface area contributed by atoms with Crippen molar-refractivity contribution in [2.45, 2.75) is 39.5 Å². The summed E-state index contributed by atoms with van der Waals surface area (Å²) in [5.41, 5.74) is 3.20. The minimum absolute atomic E-state index is 0.190. The molecular weight excluding hydrogens is 276 g/mol. The zero-order chi connectivity index (χ0) is 12.3. The fourth-order valence-corrected chi connectivity index (χ4v) is 2.28. The number of hydrogen-bond donors (Lipinski definition) is 0. The predicted octanol–water partition coefficient (Wildman–Crippen LogP) is 4.37. The molecule has 0 saturated carbocycles. The molecule has 1 aliphatic carbocycles.